The zero-order valence-corrected chi connectivity index (χ0v) is 22.4. The molecule has 1 fully saturated rings. The third-order valence-electron chi connectivity index (χ3n) is 7.21. The molecule has 0 unspecified atom stereocenters. The highest BCUT2D eigenvalue weighted by Gasteiger charge is 2.36. The van der Waals surface area contributed by atoms with E-state index in [1.54, 1.807) is 12.1 Å². The number of nitrogens with zero attached hydrogens (tertiary/aromatic N) is 3. The first-order valence-electron chi connectivity index (χ1n) is 12.9. The van der Waals surface area contributed by atoms with Crippen molar-refractivity contribution in [2.75, 3.05) is 18.4 Å². The number of quaternary nitrogens is 1. The van der Waals surface area contributed by atoms with Gasteiger partial charge in [-0.3, -0.25) is 4.79 Å². The second kappa shape index (κ2) is 11.6. The number of halogens is 5. The number of piperidine rings is 1. The van der Waals surface area contributed by atoms with Crippen LogP contribution in [0.2, 0.25) is 5.15 Å². The molecule has 6 nitrogen and oxygen atoms in total. The number of anilines is 1. The Kier molecular flexibility index (Phi) is 8.08. The number of rotatable bonds is 6. The summed E-state index contributed by atoms with van der Waals surface area (Å²) in [4.78, 5) is 20.5. The molecule has 0 atom stereocenters. The molecule has 1 aliphatic rings. The number of benzene rings is 2. The lowest BCUT2D eigenvalue weighted by molar-refractivity contribution is -0.899. The van der Waals surface area contributed by atoms with Gasteiger partial charge >= 0.3 is 6.18 Å². The number of nitrogens with one attached hydrogen (secondary N) is 1. The molecule has 41 heavy (non-hydrogen) atoms. The first kappa shape index (κ1) is 28.7. The summed E-state index contributed by atoms with van der Waals surface area (Å²) in [6.45, 7) is 0.560. The van der Waals surface area contributed by atoms with E-state index in [0.717, 1.165) is 22.8 Å². The fourth-order valence-corrected chi connectivity index (χ4v) is 5.21. The zero-order chi connectivity index (χ0) is 29.2. The van der Waals surface area contributed by atoms with E-state index in [9.17, 15) is 27.6 Å². The SMILES string of the molecule is O=C(Nc1ccc(C(F)(F)F)nc1C1CC[N+]([O-])(Cc2ccc(-c3ccc(F)cc3)cc2)CC1)c1ccnc(Cl)c1. The summed E-state index contributed by atoms with van der Waals surface area (Å²) in [6, 6.07) is 18.4. The van der Waals surface area contributed by atoms with Gasteiger partial charge in [-0.15, -0.1) is 0 Å². The molecule has 212 valence electrons. The van der Waals surface area contributed by atoms with E-state index < -0.39 is 28.3 Å². The van der Waals surface area contributed by atoms with Crippen molar-refractivity contribution in [2.45, 2.75) is 31.5 Å². The number of carbonyl (C=O) groups is 1. The van der Waals surface area contributed by atoms with Crippen molar-refractivity contribution in [2.24, 2.45) is 0 Å². The van der Waals surface area contributed by atoms with E-state index in [0.29, 0.717) is 12.8 Å². The van der Waals surface area contributed by atoms with Gasteiger partial charge in [0.15, 0.2) is 0 Å². The number of likely N-dealkylation sites (tertiary alicyclic amines) is 1. The highest BCUT2D eigenvalue weighted by Crippen LogP contribution is 2.38. The minimum absolute atomic E-state index is 0.100. The van der Waals surface area contributed by atoms with Crippen LogP contribution in [0.3, 0.4) is 0 Å². The number of hydroxylamine groups is 3. The first-order valence-corrected chi connectivity index (χ1v) is 13.3. The van der Waals surface area contributed by atoms with E-state index in [2.05, 4.69) is 15.3 Å². The minimum Gasteiger partial charge on any atom is -0.633 e. The number of aromatic nitrogens is 2. The van der Waals surface area contributed by atoms with Crippen LogP contribution in [0, 0.1) is 11.0 Å². The fraction of sp³-hybridized carbons (Fsp3) is 0.233. The summed E-state index contributed by atoms with van der Waals surface area (Å²) < 4.78 is 53.2. The summed E-state index contributed by atoms with van der Waals surface area (Å²) in [5.41, 5.74) is 1.96. The highest BCUT2D eigenvalue weighted by molar-refractivity contribution is 6.29. The Balaban J connectivity index is 1.30. The number of hydrogen-bond acceptors (Lipinski definition) is 4. The van der Waals surface area contributed by atoms with Gasteiger partial charge < -0.3 is 15.2 Å². The summed E-state index contributed by atoms with van der Waals surface area (Å²) in [5, 5.41) is 16.3. The van der Waals surface area contributed by atoms with Gasteiger partial charge in [-0.2, -0.15) is 13.2 Å². The summed E-state index contributed by atoms with van der Waals surface area (Å²) >= 11 is 5.87. The summed E-state index contributed by atoms with van der Waals surface area (Å²) in [7, 11) is 0. The Bertz CT molecular complexity index is 1540. The Morgan fingerprint density at radius 3 is 2.22 bits per heavy atom. The average Bonchev–Trinajstić information content (AvgIpc) is 2.94. The van der Waals surface area contributed by atoms with Gasteiger partial charge in [0.1, 0.15) is 23.2 Å². The van der Waals surface area contributed by atoms with E-state index >= 15 is 0 Å². The zero-order valence-electron chi connectivity index (χ0n) is 21.7. The van der Waals surface area contributed by atoms with E-state index in [4.69, 9.17) is 11.6 Å². The van der Waals surface area contributed by atoms with E-state index in [-0.39, 0.29) is 47.5 Å². The molecule has 2 aromatic carbocycles. The van der Waals surface area contributed by atoms with Crippen molar-refractivity contribution in [3.8, 4) is 11.1 Å². The quantitative estimate of drug-likeness (QED) is 0.110. The van der Waals surface area contributed by atoms with Gasteiger partial charge in [0.05, 0.1) is 24.5 Å². The first-order chi connectivity index (χ1) is 19.5. The van der Waals surface area contributed by atoms with Crippen LogP contribution in [-0.2, 0) is 12.7 Å². The second-order valence-electron chi connectivity index (χ2n) is 10.1. The standard InChI is InChI=1S/C30H25ClF4N4O2/c31-27-17-23(11-14-36-27)29(40)37-25-9-10-26(30(33,34)35)38-28(25)22-12-15-39(41,16-13-22)18-19-1-3-20(4-2-19)21-5-7-24(32)8-6-21/h1-11,14,17,22H,12-13,15-16,18H2,(H,37,40). The molecule has 1 N–H and O–H groups in total. The van der Waals surface area contributed by atoms with E-state index in [1.165, 1.54) is 36.5 Å². The number of pyridine rings is 2. The molecule has 4 aromatic rings. The Hall–Kier alpha value is -3.86. The third-order valence-corrected chi connectivity index (χ3v) is 7.42. The van der Waals surface area contributed by atoms with Crippen molar-refractivity contribution < 1.29 is 27.0 Å². The second-order valence-corrected chi connectivity index (χ2v) is 10.5. The number of amides is 1. The molecular formula is C30H25ClF4N4O2. The van der Waals surface area contributed by atoms with Crippen LogP contribution >= 0.6 is 11.6 Å². The molecule has 0 aliphatic carbocycles. The third kappa shape index (κ3) is 6.90. The van der Waals surface area contributed by atoms with Gasteiger partial charge in [0, 0.05) is 36.1 Å². The van der Waals surface area contributed by atoms with Crippen LogP contribution in [-0.4, -0.2) is 33.6 Å². The van der Waals surface area contributed by atoms with Crippen molar-refractivity contribution in [1.29, 1.82) is 0 Å². The van der Waals surface area contributed by atoms with Gasteiger partial charge in [0.25, 0.3) is 5.91 Å². The Morgan fingerprint density at radius 1 is 0.976 bits per heavy atom. The van der Waals surface area contributed by atoms with Gasteiger partial charge in [-0.1, -0.05) is 48.0 Å². The predicted molar refractivity (Wildman–Crippen MR) is 147 cm³/mol. The van der Waals surface area contributed by atoms with Crippen molar-refractivity contribution in [3.05, 3.63) is 118 Å². The Labute approximate surface area is 238 Å². The van der Waals surface area contributed by atoms with Gasteiger partial charge in [-0.05, 0) is 47.5 Å². The molecule has 1 saturated heterocycles. The molecular weight excluding hydrogens is 560 g/mol. The van der Waals surface area contributed by atoms with Crippen LogP contribution < -0.4 is 5.32 Å². The normalized spacial score (nSPS) is 19.1. The molecule has 1 aliphatic heterocycles. The smallest absolute Gasteiger partial charge is 0.433 e. The van der Waals surface area contributed by atoms with Gasteiger partial charge in [0.2, 0.25) is 0 Å². The maximum Gasteiger partial charge on any atom is 0.433 e. The molecule has 5 rings (SSSR count). The monoisotopic (exact) mass is 584 g/mol. The van der Waals surface area contributed by atoms with Crippen LogP contribution in [0.5, 0.6) is 0 Å². The largest absolute Gasteiger partial charge is 0.633 e. The molecule has 0 radical (unpaired) electrons. The average molecular weight is 585 g/mol. The lowest BCUT2D eigenvalue weighted by Crippen LogP contribution is -2.47. The fourth-order valence-electron chi connectivity index (χ4n) is 5.04. The molecule has 0 bridgehead atoms. The lowest BCUT2D eigenvalue weighted by Gasteiger charge is -2.47. The predicted octanol–water partition coefficient (Wildman–Crippen LogP) is 7.60. The van der Waals surface area contributed by atoms with Crippen LogP contribution in [0.1, 0.15) is 46.1 Å². The molecule has 0 spiro atoms. The summed E-state index contributed by atoms with van der Waals surface area (Å²) in [6.07, 6.45) is -2.71. The Morgan fingerprint density at radius 2 is 1.61 bits per heavy atom. The molecule has 2 aromatic heterocycles. The maximum absolute atomic E-state index is 13.6. The number of carbonyl (C=O) groups excluding carboxylic acids is 1. The van der Waals surface area contributed by atoms with Crippen molar-refractivity contribution >= 4 is 23.2 Å². The van der Waals surface area contributed by atoms with Gasteiger partial charge in [-0.25, -0.2) is 14.4 Å². The van der Waals surface area contributed by atoms with Crippen LogP contribution in [0.25, 0.3) is 11.1 Å². The molecule has 0 saturated carbocycles. The summed E-state index contributed by atoms with van der Waals surface area (Å²) in [5.74, 6) is -1.33. The van der Waals surface area contributed by atoms with Crippen molar-refractivity contribution in [3.63, 3.8) is 0 Å². The van der Waals surface area contributed by atoms with Crippen molar-refractivity contribution in [1.82, 2.24) is 9.97 Å². The lowest BCUT2D eigenvalue weighted by atomic mass is 9.91. The van der Waals surface area contributed by atoms with E-state index in [1.807, 2.05) is 24.3 Å². The topological polar surface area (TPSA) is 77.9 Å². The maximum atomic E-state index is 13.6. The number of alkyl halides is 3. The molecule has 3 heterocycles. The minimum atomic E-state index is -4.66. The molecule has 11 heteroatoms. The number of hydrogen-bond donors (Lipinski definition) is 1. The van der Waals surface area contributed by atoms with Crippen LogP contribution in [0.4, 0.5) is 23.2 Å². The molecule has 1 amide bonds. The van der Waals surface area contributed by atoms with Crippen LogP contribution in [0.15, 0.2) is 79.0 Å². The highest BCUT2D eigenvalue weighted by atomic mass is 35.5.